The van der Waals surface area contributed by atoms with Gasteiger partial charge in [0.1, 0.15) is 0 Å². The number of aromatic hydroxyl groups is 1. The first-order valence-corrected chi connectivity index (χ1v) is 6.23. The number of hydrogen-bond donors (Lipinski definition) is 2. The molecule has 3 N–H and O–H groups in total. The Morgan fingerprint density at radius 2 is 2.19 bits per heavy atom. The summed E-state index contributed by atoms with van der Waals surface area (Å²) in [5, 5.41) is 11.5. The second-order valence-electron chi connectivity index (χ2n) is 3.32. The van der Waals surface area contributed by atoms with Crippen LogP contribution in [0.15, 0.2) is 34.1 Å². The van der Waals surface area contributed by atoms with E-state index in [1.54, 1.807) is 6.07 Å². The summed E-state index contributed by atoms with van der Waals surface area (Å²) in [4.78, 5) is 0.882. The number of benzene rings is 1. The summed E-state index contributed by atoms with van der Waals surface area (Å²) in [6.45, 7) is 0. The molecule has 0 aliphatic heterocycles. The second-order valence-corrected chi connectivity index (χ2v) is 5.21. The average Bonchev–Trinajstić information content (AvgIpc) is 2.75. The largest absolute Gasteiger partial charge is 0.505 e. The van der Waals surface area contributed by atoms with Crippen LogP contribution in [0.1, 0.15) is 16.5 Å². The van der Waals surface area contributed by atoms with Crippen LogP contribution in [0.5, 0.6) is 5.75 Å². The average molecular weight is 302 g/mol. The number of nitrogens with two attached hydrogens (primary N) is 1. The van der Waals surface area contributed by atoms with Gasteiger partial charge in [-0.25, -0.2) is 4.39 Å². The third kappa shape index (κ3) is 2.11. The summed E-state index contributed by atoms with van der Waals surface area (Å²) in [5.74, 6) is -1.06. The Bertz CT molecular complexity index is 501. The maximum Gasteiger partial charge on any atom is 0.166 e. The zero-order valence-corrected chi connectivity index (χ0v) is 10.6. The minimum Gasteiger partial charge on any atom is -0.505 e. The van der Waals surface area contributed by atoms with Crippen molar-refractivity contribution in [2.24, 2.45) is 5.73 Å². The van der Waals surface area contributed by atoms with Gasteiger partial charge in [0.2, 0.25) is 0 Å². The highest BCUT2D eigenvalue weighted by atomic mass is 79.9. The van der Waals surface area contributed by atoms with Gasteiger partial charge in [-0.2, -0.15) is 0 Å². The van der Waals surface area contributed by atoms with Crippen molar-refractivity contribution in [3.8, 4) is 5.75 Å². The fourth-order valence-electron chi connectivity index (χ4n) is 1.44. The highest BCUT2D eigenvalue weighted by Gasteiger charge is 2.17. The van der Waals surface area contributed by atoms with E-state index >= 15 is 0 Å². The van der Waals surface area contributed by atoms with E-state index in [1.165, 1.54) is 17.4 Å². The predicted molar refractivity (Wildman–Crippen MR) is 66.1 cm³/mol. The Balaban J connectivity index is 2.48. The highest BCUT2D eigenvalue weighted by molar-refractivity contribution is 9.10. The molecule has 0 amide bonds. The van der Waals surface area contributed by atoms with Crippen LogP contribution in [0.25, 0.3) is 0 Å². The van der Waals surface area contributed by atoms with Crippen LogP contribution in [0, 0.1) is 5.82 Å². The van der Waals surface area contributed by atoms with Crippen molar-refractivity contribution >= 4 is 27.3 Å². The fraction of sp³-hybridized carbons (Fsp3) is 0.0909. The molecule has 0 spiro atoms. The monoisotopic (exact) mass is 301 g/mol. The molecule has 84 valence electrons. The Labute approximate surface area is 105 Å². The van der Waals surface area contributed by atoms with Gasteiger partial charge < -0.3 is 10.8 Å². The molecule has 0 radical (unpaired) electrons. The van der Waals surface area contributed by atoms with Crippen LogP contribution < -0.4 is 5.73 Å². The number of phenolic OH excluding ortho intramolecular Hbond substituents is 1. The van der Waals surface area contributed by atoms with Gasteiger partial charge in [0, 0.05) is 14.9 Å². The van der Waals surface area contributed by atoms with E-state index in [-0.39, 0.29) is 5.75 Å². The van der Waals surface area contributed by atoms with E-state index in [4.69, 9.17) is 5.73 Å². The van der Waals surface area contributed by atoms with Gasteiger partial charge in [-0.1, -0.05) is 22.0 Å². The first-order chi connectivity index (χ1) is 7.59. The van der Waals surface area contributed by atoms with Gasteiger partial charge >= 0.3 is 0 Å². The van der Waals surface area contributed by atoms with Crippen molar-refractivity contribution in [3.63, 3.8) is 0 Å². The molecule has 5 heteroatoms. The zero-order valence-electron chi connectivity index (χ0n) is 8.15. The van der Waals surface area contributed by atoms with E-state index < -0.39 is 11.9 Å². The summed E-state index contributed by atoms with van der Waals surface area (Å²) in [7, 11) is 0. The summed E-state index contributed by atoms with van der Waals surface area (Å²) < 4.78 is 13.9. The number of thiophene rings is 1. The third-order valence-electron chi connectivity index (χ3n) is 2.24. The Kier molecular flexibility index (Phi) is 3.28. The SMILES string of the molecule is N[C@@H](c1cccs1)c1cc(Br)cc(F)c1O. The van der Waals surface area contributed by atoms with E-state index in [9.17, 15) is 9.50 Å². The van der Waals surface area contributed by atoms with Gasteiger partial charge in [0.15, 0.2) is 11.6 Å². The fourth-order valence-corrected chi connectivity index (χ4v) is 2.64. The van der Waals surface area contributed by atoms with Gasteiger partial charge in [-0.15, -0.1) is 11.3 Å². The first-order valence-electron chi connectivity index (χ1n) is 4.56. The van der Waals surface area contributed by atoms with Crippen LogP contribution in [0.4, 0.5) is 4.39 Å². The molecule has 0 aliphatic rings. The quantitative estimate of drug-likeness (QED) is 0.893. The van der Waals surface area contributed by atoms with Gasteiger partial charge in [-0.05, 0) is 23.6 Å². The van der Waals surface area contributed by atoms with Crippen LogP contribution in [0.3, 0.4) is 0 Å². The van der Waals surface area contributed by atoms with Gasteiger partial charge in [0.05, 0.1) is 6.04 Å². The predicted octanol–water partition coefficient (Wildman–Crippen LogP) is 3.40. The Morgan fingerprint density at radius 1 is 1.44 bits per heavy atom. The molecule has 16 heavy (non-hydrogen) atoms. The van der Waals surface area contributed by atoms with Crippen LogP contribution >= 0.6 is 27.3 Å². The van der Waals surface area contributed by atoms with Crippen LogP contribution in [-0.4, -0.2) is 5.11 Å². The molecule has 2 rings (SSSR count). The van der Waals surface area contributed by atoms with Crippen molar-refractivity contribution < 1.29 is 9.50 Å². The molecule has 0 unspecified atom stereocenters. The highest BCUT2D eigenvalue weighted by Crippen LogP contribution is 2.34. The van der Waals surface area contributed by atoms with Gasteiger partial charge in [0.25, 0.3) is 0 Å². The number of rotatable bonds is 2. The van der Waals surface area contributed by atoms with Crippen LogP contribution in [0.2, 0.25) is 0 Å². The number of halogens is 2. The van der Waals surface area contributed by atoms with Crippen molar-refractivity contribution in [1.82, 2.24) is 0 Å². The molecule has 1 heterocycles. The molecule has 1 aromatic carbocycles. The molecular weight excluding hydrogens is 293 g/mol. The summed E-state index contributed by atoms with van der Waals surface area (Å²) >= 11 is 4.65. The molecule has 1 atom stereocenters. The maximum absolute atomic E-state index is 13.3. The molecule has 0 saturated heterocycles. The molecule has 0 fully saturated rings. The first kappa shape index (κ1) is 11.6. The minimum atomic E-state index is -0.670. The number of hydrogen-bond acceptors (Lipinski definition) is 3. The lowest BCUT2D eigenvalue weighted by atomic mass is 10.1. The molecule has 0 bridgehead atoms. The van der Waals surface area contributed by atoms with Crippen molar-refractivity contribution in [3.05, 3.63) is 50.4 Å². The molecule has 0 saturated carbocycles. The molecule has 0 aliphatic carbocycles. The van der Waals surface area contributed by atoms with E-state index in [0.29, 0.717) is 10.0 Å². The Hall–Kier alpha value is -0.910. The third-order valence-corrected chi connectivity index (χ3v) is 3.66. The standard InChI is InChI=1S/C11H9BrFNOS/c12-6-4-7(11(15)8(13)5-6)10(14)9-2-1-3-16-9/h1-5,10,15H,14H2/t10-/m1/s1. The molecular formula is C11H9BrFNOS. The van der Waals surface area contributed by atoms with Crippen molar-refractivity contribution in [1.29, 1.82) is 0 Å². The number of phenols is 1. The van der Waals surface area contributed by atoms with Crippen LogP contribution in [-0.2, 0) is 0 Å². The lowest BCUT2D eigenvalue weighted by molar-refractivity contribution is 0.423. The molecule has 2 nitrogen and oxygen atoms in total. The van der Waals surface area contributed by atoms with E-state index in [1.807, 2.05) is 17.5 Å². The minimum absolute atomic E-state index is 0.384. The van der Waals surface area contributed by atoms with E-state index in [0.717, 1.165) is 4.88 Å². The summed E-state index contributed by atoms with van der Waals surface area (Å²) in [5.41, 5.74) is 6.35. The summed E-state index contributed by atoms with van der Waals surface area (Å²) in [6, 6.07) is 6.05. The second kappa shape index (κ2) is 4.53. The lowest BCUT2D eigenvalue weighted by Gasteiger charge is -2.13. The van der Waals surface area contributed by atoms with Crippen molar-refractivity contribution in [2.45, 2.75) is 6.04 Å². The Morgan fingerprint density at radius 3 is 2.81 bits per heavy atom. The lowest BCUT2D eigenvalue weighted by Crippen LogP contribution is -2.11. The maximum atomic E-state index is 13.3. The van der Waals surface area contributed by atoms with Crippen molar-refractivity contribution in [2.75, 3.05) is 0 Å². The zero-order chi connectivity index (χ0) is 11.7. The smallest absolute Gasteiger partial charge is 0.166 e. The molecule has 1 aromatic heterocycles. The summed E-state index contributed by atoms with van der Waals surface area (Å²) in [6.07, 6.45) is 0. The topological polar surface area (TPSA) is 46.2 Å². The van der Waals surface area contributed by atoms with Gasteiger partial charge in [-0.3, -0.25) is 0 Å². The normalized spacial score (nSPS) is 12.7. The van der Waals surface area contributed by atoms with E-state index in [2.05, 4.69) is 15.9 Å². The molecule has 2 aromatic rings.